The van der Waals surface area contributed by atoms with Gasteiger partial charge in [-0.3, -0.25) is 4.79 Å². The minimum atomic E-state index is -1.13. The number of nitrogens with zero attached hydrogens (tertiary/aromatic N) is 1. The lowest BCUT2D eigenvalue weighted by molar-refractivity contribution is -0.143. The molecule has 1 amide bonds. The average Bonchev–Trinajstić information content (AvgIpc) is 2.21. The first-order chi connectivity index (χ1) is 7.59. The summed E-state index contributed by atoms with van der Waals surface area (Å²) in [7, 11) is 0. The summed E-state index contributed by atoms with van der Waals surface area (Å²) in [5.74, 6) is -1.62. The highest BCUT2D eigenvalue weighted by atomic mass is 35.5. The normalized spacial score (nSPS) is 9.81. The molecule has 1 aromatic heterocycles. The maximum Gasteiger partial charge on any atom is 0.329 e. The quantitative estimate of drug-likeness (QED) is 0.747. The van der Waals surface area contributed by atoms with Gasteiger partial charge in [-0.2, -0.15) is 0 Å². The minimum absolute atomic E-state index is 0.161. The summed E-state index contributed by atoms with van der Waals surface area (Å²) in [6.07, 6.45) is 1.49. The molecule has 0 aliphatic carbocycles. The van der Waals surface area contributed by atoms with Crippen molar-refractivity contribution in [2.75, 3.05) is 18.5 Å². The highest BCUT2D eigenvalue weighted by molar-refractivity contribution is 6.32. The van der Waals surface area contributed by atoms with Gasteiger partial charge in [0.05, 0.1) is 5.69 Å². The number of aromatic nitrogens is 1. The minimum Gasteiger partial charge on any atom is -0.480 e. The molecule has 0 saturated carbocycles. The van der Waals surface area contributed by atoms with Crippen molar-refractivity contribution in [1.29, 1.82) is 0 Å². The van der Waals surface area contributed by atoms with E-state index in [9.17, 15) is 9.59 Å². The summed E-state index contributed by atoms with van der Waals surface area (Å²) in [5, 5.41) is 10.9. The van der Waals surface area contributed by atoms with Gasteiger partial charge in [0.25, 0.3) is 0 Å². The van der Waals surface area contributed by atoms with Crippen LogP contribution >= 0.6 is 11.6 Å². The van der Waals surface area contributed by atoms with Crippen LogP contribution in [0.1, 0.15) is 0 Å². The molecular weight excluding hydrogens is 236 g/mol. The molecule has 0 atom stereocenters. The fourth-order valence-electron chi connectivity index (χ4n) is 0.897. The van der Waals surface area contributed by atoms with Crippen molar-refractivity contribution >= 4 is 29.2 Å². The number of ether oxygens (including phenoxy) is 1. The Labute approximate surface area is 96.2 Å². The second kappa shape index (κ2) is 6.04. The van der Waals surface area contributed by atoms with Crippen LogP contribution in [0.3, 0.4) is 0 Å². The van der Waals surface area contributed by atoms with Crippen LogP contribution in [-0.4, -0.2) is 35.2 Å². The third-order valence-electron chi connectivity index (χ3n) is 1.49. The van der Waals surface area contributed by atoms with Crippen molar-refractivity contribution in [3.63, 3.8) is 0 Å². The molecule has 1 rings (SSSR count). The number of pyridine rings is 1. The highest BCUT2D eigenvalue weighted by Crippen LogP contribution is 2.16. The van der Waals surface area contributed by atoms with Gasteiger partial charge in [-0.05, 0) is 12.1 Å². The first-order valence-corrected chi connectivity index (χ1v) is 4.67. The van der Waals surface area contributed by atoms with Crippen LogP contribution in [-0.2, 0) is 14.3 Å². The smallest absolute Gasteiger partial charge is 0.329 e. The van der Waals surface area contributed by atoms with Gasteiger partial charge in [-0.1, -0.05) is 11.6 Å². The van der Waals surface area contributed by atoms with Gasteiger partial charge in [0.2, 0.25) is 5.91 Å². The SMILES string of the molecule is O=C(O)COCC(=O)Nc1cccnc1Cl. The van der Waals surface area contributed by atoms with Crippen LogP contribution in [0.15, 0.2) is 18.3 Å². The van der Waals surface area contributed by atoms with Crippen LogP contribution in [0.5, 0.6) is 0 Å². The summed E-state index contributed by atoms with van der Waals surface area (Å²) in [4.78, 5) is 25.1. The molecule has 0 unspecified atom stereocenters. The van der Waals surface area contributed by atoms with Gasteiger partial charge in [-0.15, -0.1) is 0 Å². The van der Waals surface area contributed by atoms with E-state index in [1.807, 2.05) is 0 Å². The van der Waals surface area contributed by atoms with Crippen molar-refractivity contribution in [2.45, 2.75) is 0 Å². The number of hydrogen-bond donors (Lipinski definition) is 2. The molecule has 0 aliphatic rings. The first-order valence-electron chi connectivity index (χ1n) is 4.29. The van der Waals surface area contributed by atoms with E-state index >= 15 is 0 Å². The number of carbonyl (C=O) groups is 2. The Morgan fingerprint density at radius 3 is 2.88 bits per heavy atom. The molecule has 0 spiro atoms. The molecule has 0 aliphatic heterocycles. The van der Waals surface area contributed by atoms with E-state index in [1.54, 1.807) is 12.1 Å². The first kappa shape index (κ1) is 12.4. The predicted molar refractivity (Wildman–Crippen MR) is 56.3 cm³/mol. The third-order valence-corrected chi connectivity index (χ3v) is 1.79. The van der Waals surface area contributed by atoms with Gasteiger partial charge in [0.15, 0.2) is 5.15 Å². The second-order valence-electron chi connectivity index (χ2n) is 2.78. The number of aliphatic carboxylic acids is 1. The van der Waals surface area contributed by atoms with E-state index in [0.29, 0.717) is 5.69 Å². The number of anilines is 1. The lowest BCUT2D eigenvalue weighted by Crippen LogP contribution is -2.20. The summed E-state index contributed by atoms with van der Waals surface area (Å²) < 4.78 is 4.59. The second-order valence-corrected chi connectivity index (χ2v) is 3.13. The zero-order chi connectivity index (χ0) is 12.0. The Hall–Kier alpha value is -1.66. The number of carboxylic acid groups (broad SMARTS) is 1. The number of amides is 1. The summed E-state index contributed by atoms with van der Waals surface area (Å²) in [5.41, 5.74) is 0.355. The Balaban J connectivity index is 2.40. The number of carbonyl (C=O) groups excluding carboxylic acids is 1. The molecule has 0 fully saturated rings. The Morgan fingerprint density at radius 1 is 1.50 bits per heavy atom. The Morgan fingerprint density at radius 2 is 2.25 bits per heavy atom. The van der Waals surface area contributed by atoms with Crippen molar-refractivity contribution in [1.82, 2.24) is 4.98 Å². The van der Waals surface area contributed by atoms with E-state index in [2.05, 4.69) is 15.0 Å². The number of rotatable bonds is 5. The van der Waals surface area contributed by atoms with E-state index in [4.69, 9.17) is 16.7 Å². The number of halogens is 1. The van der Waals surface area contributed by atoms with E-state index in [0.717, 1.165) is 0 Å². The Bertz CT molecular complexity index is 397. The zero-order valence-corrected chi connectivity index (χ0v) is 8.90. The van der Waals surface area contributed by atoms with Gasteiger partial charge in [-0.25, -0.2) is 9.78 Å². The van der Waals surface area contributed by atoms with Crippen molar-refractivity contribution in [2.24, 2.45) is 0 Å². The van der Waals surface area contributed by atoms with Crippen molar-refractivity contribution < 1.29 is 19.4 Å². The molecule has 86 valence electrons. The highest BCUT2D eigenvalue weighted by Gasteiger charge is 2.06. The monoisotopic (exact) mass is 244 g/mol. The fourth-order valence-corrected chi connectivity index (χ4v) is 1.06. The summed E-state index contributed by atoms with van der Waals surface area (Å²) >= 11 is 5.69. The zero-order valence-electron chi connectivity index (χ0n) is 8.14. The van der Waals surface area contributed by atoms with E-state index in [-0.39, 0.29) is 11.8 Å². The number of hydrogen-bond acceptors (Lipinski definition) is 4. The molecule has 2 N–H and O–H groups in total. The van der Waals surface area contributed by atoms with Crippen LogP contribution in [0, 0.1) is 0 Å². The maximum atomic E-state index is 11.2. The van der Waals surface area contributed by atoms with Crippen LogP contribution < -0.4 is 5.32 Å². The predicted octanol–water partition coefficient (Wildman–Crippen LogP) is 0.775. The molecule has 0 saturated heterocycles. The molecule has 16 heavy (non-hydrogen) atoms. The van der Waals surface area contributed by atoms with Crippen LogP contribution in [0.2, 0.25) is 5.15 Å². The van der Waals surface area contributed by atoms with Gasteiger partial charge < -0.3 is 15.2 Å². The van der Waals surface area contributed by atoms with E-state index in [1.165, 1.54) is 6.20 Å². The molecule has 1 aromatic rings. The fraction of sp³-hybridized carbons (Fsp3) is 0.222. The molecule has 7 heteroatoms. The van der Waals surface area contributed by atoms with Crippen molar-refractivity contribution in [3.05, 3.63) is 23.5 Å². The molecule has 1 heterocycles. The van der Waals surface area contributed by atoms with Crippen molar-refractivity contribution in [3.8, 4) is 0 Å². The number of carboxylic acids is 1. The topological polar surface area (TPSA) is 88.5 Å². The molecule has 0 bridgehead atoms. The summed E-state index contributed by atoms with van der Waals surface area (Å²) in [6.45, 7) is -0.869. The standard InChI is InChI=1S/C9H9ClN2O4/c10-9-6(2-1-3-11-9)12-7(13)4-16-5-8(14)15/h1-3H,4-5H2,(H,12,13)(H,14,15). The van der Waals surface area contributed by atoms with Crippen LogP contribution in [0.25, 0.3) is 0 Å². The number of nitrogens with one attached hydrogen (secondary N) is 1. The lowest BCUT2D eigenvalue weighted by Gasteiger charge is -2.05. The molecule has 0 aromatic carbocycles. The largest absolute Gasteiger partial charge is 0.480 e. The Kier molecular flexibility index (Phi) is 4.68. The van der Waals surface area contributed by atoms with Crippen LogP contribution in [0.4, 0.5) is 5.69 Å². The molecule has 6 nitrogen and oxygen atoms in total. The molecular formula is C9H9ClN2O4. The van der Waals surface area contributed by atoms with E-state index < -0.39 is 18.5 Å². The van der Waals surface area contributed by atoms with Gasteiger partial charge in [0, 0.05) is 6.20 Å². The lowest BCUT2D eigenvalue weighted by atomic mass is 10.4. The average molecular weight is 245 g/mol. The maximum absolute atomic E-state index is 11.2. The molecule has 0 radical (unpaired) electrons. The summed E-state index contributed by atoms with van der Waals surface area (Å²) in [6, 6.07) is 3.18. The third kappa shape index (κ3) is 4.24. The van der Waals surface area contributed by atoms with Gasteiger partial charge in [0.1, 0.15) is 13.2 Å². The van der Waals surface area contributed by atoms with Gasteiger partial charge >= 0.3 is 5.97 Å².